The lowest BCUT2D eigenvalue weighted by atomic mass is 10.1. The van der Waals surface area contributed by atoms with Crippen molar-refractivity contribution >= 4 is 11.9 Å². The van der Waals surface area contributed by atoms with Crippen molar-refractivity contribution in [3.05, 3.63) is 29.3 Å². The van der Waals surface area contributed by atoms with Crippen LogP contribution in [0.15, 0.2) is 18.2 Å². The van der Waals surface area contributed by atoms with Crippen molar-refractivity contribution in [2.45, 2.75) is 13.3 Å². The van der Waals surface area contributed by atoms with Gasteiger partial charge >= 0.3 is 5.97 Å². The van der Waals surface area contributed by atoms with Gasteiger partial charge in [-0.1, -0.05) is 6.07 Å². The quantitative estimate of drug-likeness (QED) is 0.638. The number of rotatable bonds is 7. The van der Waals surface area contributed by atoms with Crippen molar-refractivity contribution in [3.63, 3.8) is 0 Å². The van der Waals surface area contributed by atoms with Gasteiger partial charge in [-0.3, -0.25) is 9.59 Å². The monoisotopic (exact) mass is 267 g/mol. The molecule has 104 valence electrons. The topological polar surface area (TPSA) is 95.9 Å². The second kappa shape index (κ2) is 7.38. The van der Waals surface area contributed by atoms with Crippen LogP contribution in [0.25, 0.3) is 0 Å². The van der Waals surface area contributed by atoms with Crippen LogP contribution in [-0.2, 0) is 9.53 Å². The van der Waals surface area contributed by atoms with Gasteiger partial charge in [0.25, 0.3) is 5.91 Å². The molecule has 6 heteroatoms. The smallest absolute Gasteiger partial charge is 0.305 e. The van der Waals surface area contributed by atoms with Crippen LogP contribution in [0, 0.1) is 6.92 Å². The highest BCUT2D eigenvalue weighted by Crippen LogP contribution is 2.17. The lowest BCUT2D eigenvalue weighted by Gasteiger charge is -2.07. The second-order valence-electron chi connectivity index (χ2n) is 4.01. The number of carboxylic acid groups (broad SMARTS) is 1. The minimum Gasteiger partial charge on any atom is -0.508 e. The third-order valence-corrected chi connectivity index (χ3v) is 2.46. The molecule has 19 heavy (non-hydrogen) atoms. The summed E-state index contributed by atoms with van der Waals surface area (Å²) in [6.07, 6.45) is -0.0558. The summed E-state index contributed by atoms with van der Waals surface area (Å²) >= 11 is 0. The summed E-state index contributed by atoms with van der Waals surface area (Å²) in [5.41, 5.74) is 1.07. The van der Waals surface area contributed by atoms with Crippen LogP contribution in [0.1, 0.15) is 22.3 Å². The molecule has 0 aliphatic heterocycles. The number of phenols is 1. The van der Waals surface area contributed by atoms with Crippen LogP contribution < -0.4 is 5.32 Å². The Balaban J connectivity index is 2.27. The van der Waals surface area contributed by atoms with Crippen molar-refractivity contribution in [1.29, 1.82) is 0 Å². The first-order valence-electron chi connectivity index (χ1n) is 5.88. The lowest BCUT2D eigenvalue weighted by molar-refractivity contribution is -0.138. The van der Waals surface area contributed by atoms with Crippen molar-refractivity contribution in [1.82, 2.24) is 5.32 Å². The van der Waals surface area contributed by atoms with Gasteiger partial charge < -0.3 is 20.3 Å². The minimum absolute atomic E-state index is 0.0558. The molecule has 0 fully saturated rings. The van der Waals surface area contributed by atoms with Crippen molar-refractivity contribution in [2.24, 2.45) is 0 Å². The number of aliphatic carboxylic acids is 1. The average molecular weight is 267 g/mol. The molecule has 1 amide bonds. The Hall–Kier alpha value is -2.08. The number of carboxylic acids is 1. The van der Waals surface area contributed by atoms with E-state index in [-0.39, 0.29) is 37.8 Å². The van der Waals surface area contributed by atoms with E-state index in [9.17, 15) is 14.7 Å². The van der Waals surface area contributed by atoms with Crippen LogP contribution in [0.4, 0.5) is 0 Å². The zero-order valence-electron chi connectivity index (χ0n) is 10.7. The number of ether oxygens (including phenoxy) is 1. The van der Waals surface area contributed by atoms with Crippen LogP contribution in [0.5, 0.6) is 5.75 Å². The number of carbonyl (C=O) groups excluding carboxylic acids is 1. The fourth-order valence-electron chi connectivity index (χ4n) is 1.35. The Kier molecular flexibility index (Phi) is 5.81. The number of phenolic OH excluding ortho intramolecular Hbond substituents is 1. The third kappa shape index (κ3) is 5.39. The molecule has 6 nitrogen and oxygen atoms in total. The highest BCUT2D eigenvalue weighted by Gasteiger charge is 2.06. The predicted molar refractivity (Wildman–Crippen MR) is 68.2 cm³/mol. The first-order valence-corrected chi connectivity index (χ1v) is 5.88. The van der Waals surface area contributed by atoms with Gasteiger partial charge in [0, 0.05) is 12.1 Å². The van der Waals surface area contributed by atoms with Gasteiger partial charge in [0.05, 0.1) is 19.6 Å². The summed E-state index contributed by atoms with van der Waals surface area (Å²) in [5, 5.41) is 20.5. The molecule has 0 radical (unpaired) electrons. The fourth-order valence-corrected chi connectivity index (χ4v) is 1.35. The van der Waals surface area contributed by atoms with Gasteiger partial charge in [-0.2, -0.15) is 0 Å². The molecule has 1 aromatic carbocycles. The molecule has 1 rings (SSSR count). The molecule has 0 aliphatic rings. The van der Waals surface area contributed by atoms with Crippen molar-refractivity contribution in [3.8, 4) is 5.75 Å². The normalized spacial score (nSPS) is 10.2. The maximum atomic E-state index is 11.7. The number of nitrogens with one attached hydrogen (secondary N) is 1. The Labute approximate surface area is 111 Å². The van der Waals surface area contributed by atoms with Crippen LogP contribution in [-0.4, -0.2) is 41.8 Å². The lowest BCUT2D eigenvalue weighted by Crippen LogP contribution is -2.27. The van der Waals surface area contributed by atoms with Crippen LogP contribution in [0.2, 0.25) is 0 Å². The summed E-state index contributed by atoms with van der Waals surface area (Å²) in [7, 11) is 0. The highest BCUT2D eigenvalue weighted by atomic mass is 16.5. The number of carbonyl (C=O) groups is 2. The number of aryl methyl sites for hydroxylation is 1. The largest absolute Gasteiger partial charge is 0.508 e. The second-order valence-corrected chi connectivity index (χ2v) is 4.01. The summed E-state index contributed by atoms with van der Waals surface area (Å²) in [6.45, 7) is 2.40. The van der Waals surface area contributed by atoms with E-state index in [1.807, 2.05) is 0 Å². The van der Waals surface area contributed by atoms with Crippen LogP contribution in [0.3, 0.4) is 0 Å². The van der Waals surface area contributed by atoms with Crippen molar-refractivity contribution < 1.29 is 24.5 Å². The van der Waals surface area contributed by atoms with Gasteiger partial charge in [0.1, 0.15) is 5.75 Å². The molecule has 1 aromatic rings. The molecule has 0 aliphatic carbocycles. The summed E-state index contributed by atoms with van der Waals surface area (Å²) in [4.78, 5) is 21.9. The fraction of sp³-hybridized carbons (Fsp3) is 0.385. The van der Waals surface area contributed by atoms with E-state index in [4.69, 9.17) is 9.84 Å². The number of benzene rings is 1. The number of hydrogen-bond acceptors (Lipinski definition) is 4. The Morgan fingerprint density at radius 2 is 2.05 bits per heavy atom. The van der Waals surface area contributed by atoms with E-state index >= 15 is 0 Å². The SMILES string of the molecule is Cc1ccc(C(=O)NCCOCCC(=O)O)cc1O. The van der Waals surface area contributed by atoms with Gasteiger partial charge in [-0.25, -0.2) is 0 Å². The first kappa shape index (κ1) is 15.0. The standard InChI is InChI=1S/C13H17NO5/c1-9-2-3-10(8-11(9)15)13(18)14-5-7-19-6-4-12(16)17/h2-3,8,15H,4-7H2,1H3,(H,14,18)(H,16,17). The Morgan fingerprint density at radius 3 is 2.68 bits per heavy atom. The molecule has 0 atom stereocenters. The molecular weight excluding hydrogens is 250 g/mol. The number of hydrogen-bond donors (Lipinski definition) is 3. The van der Waals surface area contributed by atoms with E-state index in [0.717, 1.165) is 0 Å². The predicted octanol–water partition coefficient (Wildman–Crippen LogP) is 0.922. The van der Waals surface area contributed by atoms with Crippen molar-refractivity contribution in [2.75, 3.05) is 19.8 Å². The zero-order chi connectivity index (χ0) is 14.3. The maximum Gasteiger partial charge on any atom is 0.305 e. The highest BCUT2D eigenvalue weighted by molar-refractivity contribution is 5.94. The molecule has 3 N–H and O–H groups in total. The molecule has 0 aromatic heterocycles. The van der Waals surface area contributed by atoms with E-state index < -0.39 is 5.97 Å². The average Bonchev–Trinajstić information content (AvgIpc) is 2.36. The molecule has 0 spiro atoms. The summed E-state index contributed by atoms with van der Waals surface area (Å²) < 4.78 is 5.03. The summed E-state index contributed by atoms with van der Waals surface area (Å²) in [5.74, 6) is -1.15. The Morgan fingerprint density at radius 1 is 1.32 bits per heavy atom. The van der Waals surface area contributed by atoms with E-state index in [2.05, 4.69) is 5.32 Å². The summed E-state index contributed by atoms with van der Waals surface area (Å²) in [6, 6.07) is 4.68. The number of amides is 1. The minimum atomic E-state index is -0.917. The molecule has 0 bridgehead atoms. The van der Waals surface area contributed by atoms with Gasteiger partial charge in [0.2, 0.25) is 0 Å². The third-order valence-electron chi connectivity index (χ3n) is 2.46. The molecule has 0 saturated heterocycles. The molecular formula is C13H17NO5. The van der Waals surface area contributed by atoms with Gasteiger partial charge in [0.15, 0.2) is 0 Å². The van der Waals surface area contributed by atoms with E-state index in [1.165, 1.54) is 6.07 Å². The zero-order valence-corrected chi connectivity index (χ0v) is 10.7. The molecule has 0 unspecified atom stereocenters. The maximum absolute atomic E-state index is 11.7. The van der Waals surface area contributed by atoms with Gasteiger partial charge in [-0.15, -0.1) is 0 Å². The van der Waals surface area contributed by atoms with E-state index in [0.29, 0.717) is 11.1 Å². The van der Waals surface area contributed by atoms with E-state index in [1.54, 1.807) is 19.1 Å². The Bertz CT molecular complexity index is 458. The molecule has 0 saturated carbocycles. The van der Waals surface area contributed by atoms with Gasteiger partial charge in [-0.05, 0) is 24.6 Å². The number of aromatic hydroxyl groups is 1. The van der Waals surface area contributed by atoms with Crippen LogP contribution >= 0.6 is 0 Å². The first-order chi connectivity index (χ1) is 9.00. The molecule has 0 heterocycles.